The number of rotatable bonds is 7. The number of amides is 2. The molecule has 1 unspecified atom stereocenters. The lowest BCUT2D eigenvalue weighted by atomic mass is 10.0. The van der Waals surface area contributed by atoms with Crippen molar-refractivity contribution in [2.45, 2.75) is 12.5 Å². The number of benzene rings is 1. The van der Waals surface area contributed by atoms with Crippen LogP contribution in [-0.4, -0.2) is 37.8 Å². The summed E-state index contributed by atoms with van der Waals surface area (Å²) in [6, 6.07) is 7.24. The van der Waals surface area contributed by atoms with Crippen molar-refractivity contribution >= 4 is 22.0 Å². The minimum atomic E-state index is -3.66. The van der Waals surface area contributed by atoms with Crippen molar-refractivity contribution in [1.82, 2.24) is 10.6 Å². The molecule has 0 spiro atoms. The SMILES string of the molecule is NS(=O)(=O)CCNC(=O)NC(CC(=O)O)c1ccccc1. The van der Waals surface area contributed by atoms with Gasteiger partial charge in [-0.25, -0.2) is 18.4 Å². The van der Waals surface area contributed by atoms with Gasteiger partial charge < -0.3 is 15.7 Å². The Morgan fingerprint density at radius 3 is 2.38 bits per heavy atom. The van der Waals surface area contributed by atoms with Gasteiger partial charge in [0.25, 0.3) is 0 Å². The molecule has 0 bridgehead atoms. The first-order chi connectivity index (χ1) is 9.78. The molecule has 21 heavy (non-hydrogen) atoms. The van der Waals surface area contributed by atoms with Gasteiger partial charge in [-0.15, -0.1) is 0 Å². The van der Waals surface area contributed by atoms with Gasteiger partial charge in [-0.2, -0.15) is 0 Å². The summed E-state index contributed by atoms with van der Waals surface area (Å²) in [5, 5.41) is 18.5. The van der Waals surface area contributed by atoms with E-state index in [0.717, 1.165) is 0 Å². The predicted molar refractivity (Wildman–Crippen MR) is 75.9 cm³/mol. The van der Waals surface area contributed by atoms with Crippen LogP contribution in [0.3, 0.4) is 0 Å². The summed E-state index contributed by atoms with van der Waals surface area (Å²) in [6.07, 6.45) is -0.285. The third kappa shape index (κ3) is 7.28. The number of aliphatic carboxylic acids is 1. The lowest BCUT2D eigenvalue weighted by Gasteiger charge is -2.17. The van der Waals surface area contributed by atoms with Crippen molar-refractivity contribution in [3.05, 3.63) is 35.9 Å². The van der Waals surface area contributed by atoms with Gasteiger partial charge in [-0.05, 0) is 5.56 Å². The fourth-order valence-corrected chi connectivity index (χ4v) is 2.01. The summed E-state index contributed by atoms with van der Waals surface area (Å²) in [6.45, 7) is -0.154. The van der Waals surface area contributed by atoms with Gasteiger partial charge in [0.15, 0.2) is 0 Å². The molecule has 1 aromatic rings. The largest absolute Gasteiger partial charge is 0.481 e. The standard InChI is InChI=1S/C12H17N3O5S/c13-21(19,20)7-6-14-12(18)15-10(8-11(16)17)9-4-2-1-3-5-9/h1-5,10H,6-8H2,(H,16,17)(H2,13,19,20)(H2,14,15,18). The van der Waals surface area contributed by atoms with Crippen molar-refractivity contribution in [2.24, 2.45) is 5.14 Å². The van der Waals surface area contributed by atoms with E-state index < -0.39 is 33.8 Å². The zero-order chi connectivity index (χ0) is 15.9. The summed E-state index contributed by atoms with van der Waals surface area (Å²) in [7, 11) is -3.66. The van der Waals surface area contributed by atoms with Gasteiger partial charge in [-0.1, -0.05) is 30.3 Å². The molecule has 1 aromatic carbocycles. The highest BCUT2D eigenvalue weighted by molar-refractivity contribution is 7.89. The maximum atomic E-state index is 11.6. The Balaban J connectivity index is 2.61. The minimum absolute atomic E-state index is 0.154. The van der Waals surface area contributed by atoms with Crippen LogP contribution in [0.4, 0.5) is 4.79 Å². The second-order valence-corrected chi connectivity index (χ2v) is 6.06. The summed E-state index contributed by atoms with van der Waals surface area (Å²) in [5.74, 6) is -1.45. The van der Waals surface area contributed by atoms with Gasteiger partial charge >= 0.3 is 12.0 Å². The van der Waals surface area contributed by atoms with Crippen molar-refractivity contribution in [2.75, 3.05) is 12.3 Å². The first-order valence-corrected chi connectivity index (χ1v) is 7.81. The molecule has 2 amide bonds. The van der Waals surface area contributed by atoms with E-state index in [0.29, 0.717) is 5.56 Å². The highest BCUT2D eigenvalue weighted by Gasteiger charge is 2.17. The van der Waals surface area contributed by atoms with Crippen molar-refractivity contribution in [1.29, 1.82) is 0 Å². The normalized spacial score (nSPS) is 12.4. The average molecular weight is 315 g/mol. The number of nitrogens with one attached hydrogen (secondary N) is 2. The predicted octanol–water partition coefficient (Wildman–Crippen LogP) is -0.210. The van der Waals surface area contributed by atoms with E-state index >= 15 is 0 Å². The second kappa shape index (κ2) is 7.60. The highest BCUT2D eigenvalue weighted by Crippen LogP contribution is 2.16. The van der Waals surface area contributed by atoms with E-state index in [1.165, 1.54) is 0 Å². The van der Waals surface area contributed by atoms with Crippen molar-refractivity contribution in [3.63, 3.8) is 0 Å². The van der Waals surface area contributed by atoms with Gasteiger partial charge in [0.05, 0.1) is 18.2 Å². The molecule has 1 atom stereocenters. The lowest BCUT2D eigenvalue weighted by molar-refractivity contribution is -0.137. The Morgan fingerprint density at radius 2 is 1.86 bits per heavy atom. The van der Waals surface area contributed by atoms with Crippen LogP contribution in [0.15, 0.2) is 30.3 Å². The van der Waals surface area contributed by atoms with E-state index in [2.05, 4.69) is 10.6 Å². The van der Waals surface area contributed by atoms with Crippen LogP contribution >= 0.6 is 0 Å². The minimum Gasteiger partial charge on any atom is -0.481 e. The van der Waals surface area contributed by atoms with E-state index in [1.807, 2.05) is 0 Å². The Kier molecular flexibility index (Phi) is 6.12. The highest BCUT2D eigenvalue weighted by atomic mass is 32.2. The van der Waals surface area contributed by atoms with Gasteiger partial charge in [-0.3, -0.25) is 4.79 Å². The van der Waals surface area contributed by atoms with E-state index in [9.17, 15) is 18.0 Å². The second-order valence-electron chi connectivity index (χ2n) is 4.33. The molecule has 0 fully saturated rings. The van der Waals surface area contributed by atoms with Crippen LogP contribution in [-0.2, 0) is 14.8 Å². The van der Waals surface area contributed by atoms with E-state index in [1.54, 1.807) is 30.3 Å². The average Bonchev–Trinajstić information content (AvgIpc) is 2.37. The molecule has 0 radical (unpaired) electrons. The molecule has 116 valence electrons. The van der Waals surface area contributed by atoms with E-state index in [4.69, 9.17) is 10.2 Å². The van der Waals surface area contributed by atoms with Crippen LogP contribution in [0.1, 0.15) is 18.0 Å². The maximum absolute atomic E-state index is 11.6. The number of sulfonamides is 1. The quantitative estimate of drug-likeness (QED) is 0.551. The van der Waals surface area contributed by atoms with Crippen LogP contribution in [0.2, 0.25) is 0 Å². The molecule has 1 rings (SSSR count). The summed E-state index contributed by atoms with van der Waals surface area (Å²) >= 11 is 0. The first-order valence-electron chi connectivity index (χ1n) is 6.09. The fourth-order valence-electron chi connectivity index (χ4n) is 1.63. The zero-order valence-corrected chi connectivity index (χ0v) is 12.0. The fraction of sp³-hybridized carbons (Fsp3) is 0.333. The Labute approximate surface area is 122 Å². The smallest absolute Gasteiger partial charge is 0.315 e. The zero-order valence-electron chi connectivity index (χ0n) is 11.2. The number of urea groups is 1. The van der Waals surface area contributed by atoms with Gasteiger partial charge in [0.2, 0.25) is 10.0 Å². The maximum Gasteiger partial charge on any atom is 0.315 e. The molecule has 9 heteroatoms. The molecular weight excluding hydrogens is 298 g/mol. The lowest BCUT2D eigenvalue weighted by Crippen LogP contribution is -2.41. The molecule has 0 aromatic heterocycles. The topological polar surface area (TPSA) is 139 Å². The monoisotopic (exact) mass is 315 g/mol. The molecule has 0 aliphatic rings. The molecule has 5 N–H and O–H groups in total. The molecule has 0 aliphatic heterocycles. The van der Waals surface area contributed by atoms with Gasteiger partial charge in [0, 0.05) is 6.54 Å². The number of nitrogens with two attached hydrogens (primary N) is 1. The number of primary sulfonamides is 1. The van der Waals surface area contributed by atoms with Crippen LogP contribution in [0.25, 0.3) is 0 Å². The molecule has 0 heterocycles. The summed E-state index contributed by atoms with van der Waals surface area (Å²) in [5.41, 5.74) is 0.640. The number of hydrogen-bond donors (Lipinski definition) is 4. The van der Waals surface area contributed by atoms with Crippen molar-refractivity contribution in [3.8, 4) is 0 Å². The third-order valence-corrected chi connectivity index (χ3v) is 3.33. The Hall–Kier alpha value is -2.13. The first kappa shape index (κ1) is 16.9. The van der Waals surface area contributed by atoms with Crippen LogP contribution in [0, 0.1) is 0 Å². The van der Waals surface area contributed by atoms with Gasteiger partial charge in [0.1, 0.15) is 0 Å². The Bertz CT molecular complexity index is 588. The summed E-state index contributed by atoms with van der Waals surface area (Å²) in [4.78, 5) is 22.5. The molecule has 8 nitrogen and oxygen atoms in total. The number of carboxylic acid groups (broad SMARTS) is 1. The number of carbonyl (C=O) groups excluding carboxylic acids is 1. The molecule has 0 saturated carbocycles. The summed E-state index contributed by atoms with van der Waals surface area (Å²) < 4.78 is 21.5. The van der Waals surface area contributed by atoms with Crippen LogP contribution < -0.4 is 15.8 Å². The van der Waals surface area contributed by atoms with E-state index in [-0.39, 0.29) is 13.0 Å². The third-order valence-electron chi connectivity index (χ3n) is 2.56. The molecular formula is C12H17N3O5S. The number of carboxylic acids is 1. The van der Waals surface area contributed by atoms with Crippen molar-refractivity contribution < 1.29 is 23.1 Å². The number of hydrogen-bond acceptors (Lipinski definition) is 4. The molecule has 0 aliphatic carbocycles. The Morgan fingerprint density at radius 1 is 1.24 bits per heavy atom. The van der Waals surface area contributed by atoms with Crippen LogP contribution in [0.5, 0.6) is 0 Å². The number of carbonyl (C=O) groups is 2. The molecule has 0 saturated heterocycles.